The zero-order valence-electron chi connectivity index (χ0n) is 16.9. The van der Waals surface area contributed by atoms with Gasteiger partial charge in [-0.25, -0.2) is 9.59 Å². The minimum atomic E-state index is -1.31. The number of nitrogens with two attached hydrogens (primary N) is 2. The Kier molecular flexibility index (Phi) is 13.4. The lowest BCUT2D eigenvalue weighted by Crippen LogP contribution is -2.43. The van der Waals surface area contributed by atoms with Crippen LogP contribution in [0.2, 0.25) is 0 Å². The molecule has 1 unspecified atom stereocenters. The molecule has 0 heterocycles. The smallest absolute Gasteiger partial charge is 0.326 e. The van der Waals surface area contributed by atoms with Crippen molar-refractivity contribution >= 4 is 35.5 Å². The van der Waals surface area contributed by atoms with Gasteiger partial charge in [-0.3, -0.25) is 14.4 Å². The van der Waals surface area contributed by atoms with Crippen LogP contribution >= 0.6 is 0 Å². The molecule has 1 aromatic rings. The van der Waals surface area contributed by atoms with E-state index in [4.69, 9.17) is 21.1 Å². The molecule has 3 amide bonds. The number of hydrogen-bond acceptors (Lipinski definition) is 6. The van der Waals surface area contributed by atoms with Gasteiger partial charge in [-0.05, 0) is 43.5 Å². The number of nitrogens with one attached hydrogen (secondary N) is 2. The molecule has 0 radical (unpaired) electrons. The molecule has 12 nitrogen and oxygen atoms in total. The monoisotopic (exact) mass is 440 g/mol. The van der Waals surface area contributed by atoms with Crippen molar-refractivity contribution < 1.29 is 39.3 Å². The predicted octanol–water partition coefficient (Wildman–Crippen LogP) is 0.354. The lowest BCUT2D eigenvalue weighted by atomic mass is 10.1. The number of carboxylic acids is 3. The van der Waals surface area contributed by atoms with Crippen LogP contribution in [0.25, 0.3) is 0 Å². The van der Waals surface area contributed by atoms with Crippen molar-refractivity contribution in [2.24, 2.45) is 11.5 Å². The van der Waals surface area contributed by atoms with Crippen LogP contribution < -0.4 is 22.1 Å². The molecule has 0 saturated heterocycles. The number of rotatable bonds is 12. The van der Waals surface area contributed by atoms with Gasteiger partial charge in [-0.2, -0.15) is 0 Å². The number of anilines is 1. The number of aryl methyl sites for hydroxylation is 1. The second-order valence-electron chi connectivity index (χ2n) is 6.36. The Labute approximate surface area is 178 Å². The molecule has 9 N–H and O–H groups in total. The Bertz CT molecular complexity index is 752. The van der Waals surface area contributed by atoms with Gasteiger partial charge in [0.05, 0.1) is 0 Å². The normalized spacial score (nSPS) is 10.7. The van der Waals surface area contributed by atoms with Crippen LogP contribution in [-0.2, 0) is 25.6 Å². The van der Waals surface area contributed by atoms with E-state index in [1.165, 1.54) is 0 Å². The molecule has 0 bridgehead atoms. The molecule has 12 heteroatoms. The van der Waals surface area contributed by atoms with Gasteiger partial charge in [-0.1, -0.05) is 12.1 Å². The highest BCUT2D eigenvalue weighted by atomic mass is 16.4. The largest absolute Gasteiger partial charge is 0.481 e. The molecule has 0 aromatic heterocycles. The fourth-order valence-electron chi connectivity index (χ4n) is 2.19. The van der Waals surface area contributed by atoms with E-state index in [0.717, 1.165) is 11.3 Å². The van der Waals surface area contributed by atoms with Crippen molar-refractivity contribution in [3.05, 3.63) is 29.8 Å². The lowest BCUT2D eigenvalue weighted by Gasteiger charge is -2.10. The van der Waals surface area contributed by atoms with E-state index in [2.05, 4.69) is 11.1 Å². The van der Waals surface area contributed by atoms with Gasteiger partial charge in [0.25, 0.3) is 0 Å². The third-order valence-electron chi connectivity index (χ3n) is 3.73. The standard InChI is InChI=1S/C13H18N2O3.C6H10N2O5/c14-9-1-2-12(16)15-11-6-3-10(4-7-11)5-8-13(17)18;7-6(13)8-3(5(11)12)1-2-4(9)10/h3-4,6-7H,1-2,5,8-9,14H2,(H,15,16)(H,17,18);3H,1-2H2,(H,9,10)(H,11,12)(H3,7,8,13). The Balaban J connectivity index is 0.000000615. The second-order valence-corrected chi connectivity index (χ2v) is 6.36. The fraction of sp³-hybridized carbons (Fsp3) is 0.421. The molecular formula is C19H28N4O8. The summed E-state index contributed by atoms with van der Waals surface area (Å²) in [6.07, 6.45) is 1.17. The van der Waals surface area contributed by atoms with Gasteiger partial charge in [0.2, 0.25) is 5.91 Å². The Morgan fingerprint density at radius 1 is 0.903 bits per heavy atom. The quantitative estimate of drug-likeness (QED) is 0.238. The molecule has 1 atom stereocenters. The van der Waals surface area contributed by atoms with Crippen molar-refractivity contribution in [3.63, 3.8) is 0 Å². The summed E-state index contributed by atoms with van der Waals surface area (Å²) in [5.74, 6) is -3.30. The van der Waals surface area contributed by atoms with E-state index in [1.54, 1.807) is 12.1 Å². The Hall–Kier alpha value is -3.67. The third-order valence-corrected chi connectivity index (χ3v) is 3.73. The molecule has 31 heavy (non-hydrogen) atoms. The fourth-order valence-corrected chi connectivity index (χ4v) is 2.19. The maximum absolute atomic E-state index is 11.4. The first-order valence-electron chi connectivity index (χ1n) is 9.36. The molecule has 0 spiro atoms. The van der Waals surface area contributed by atoms with Gasteiger partial charge < -0.3 is 37.4 Å². The SMILES string of the molecule is NC(=O)NC(CCC(=O)O)C(=O)O.NCCCC(=O)Nc1ccc(CCC(=O)O)cc1. The van der Waals surface area contributed by atoms with Gasteiger partial charge in [-0.15, -0.1) is 0 Å². The number of urea groups is 1. The number of amides is 3. The molecule has 0 aliphatic carbocycles. The zero-order chi connectivity index (χ0) is 23.8. The summed E-state index contributed by atoms with van der Waals surface area (Å²) in [6.45, 7) is 0.502. The van der Waals surface area contributed by atoms with E-state index in [9.17, 15) is 24.0 Å². The highest BCUT2D eigenvalue weighted by Gasteiger charge is 2.19. The molecule has 172 valence electrons. The van der Waals surface area contributed by atoms with E-state index in [1.807, 2.05) is 17.4 Å². The van der Waals surface area contributed by atoms with E-state index < -0.39 is 30.0 Å². The predicted molar refractivity (Wildman–Crippen MR) is 110 cm³/mol. The van der Waals surface area contributed by atoms with Crippen molar-refractivity contribution in [1.29, 1.82) is 0 Å². The highest BCUT2D eigenvalue weighted by Crippen LogP contribution is 2.11. The summed E-state index contributed by atoms with van der Waals surface area (Å²) in [6, 6.07) is 4.96. The summed E-state index contributed by atoms with van der Waals surface area (Å²) >= 11 is 0. The van der Waals surface area contributed by atoms with Crippen LogP contribution in [0.1, 0.15) is 37.7 Å². The lowest BCUT2D eigenvalue weighted by molar-refractivity contribution is -0.141. The topological polar surface area (TPSA) is 222 Å². The average Bonchev–Trinajstić information content (AvgIpc) is 2.69. The summed E-state index contributed by atoms with van der Waals surface area (Å²) in [5.41, 5.74) is 11.7. The van der Waals surface area contributed by atoms with E-state index in [-0.39, 0.29) is 25.2 Å². The van der Waals surface area contributed by atoms with Gasteiger partial charge in [0.15, 0.2) is 0 Å². The number of carbonyl (C=O) groups excluding carboxylic acids is 2. The molecule has 1 aromatic carbocycles. The number of carbonyl (C=O) groups is 5. The number of benzene rings is 1. The average molecular weight is 440 g/mol. The Morgan fingerprint density at radius 2 is 1.48 bits per heavy atom. The van der Waals surface area contributed by atoms with E-state index in [0.29, 0.717) is 25.8 Å². The van der Waals surface area contributed by atoms with Crippen LogP contribution in [0.5, 0.6) is 0 Å². The minimum absolute atomic E-state index is 0.0567. The Morgan fingerprint density at radius 3 is 1.94 bits per heavy atom. The number of hydrogen-bond donors (Lipinski definition) is 7. The maximum atomic E-state index is 11.4. The van der Waals surface area contributed by atoms with Crippen molar-refractivity contribution in [1.82, 2.24) is 5.32 Å². The first kappa shape index (κ1) is 27.3. The molecule has 0 aliphatic heterocycles. The molecule has 0 saturated carbocycles. The molecule has 0 fully saturated rings. The first-order valence-corrected chi connectivity index (χ1v) is 9.36. The van der Waals surface area contributed by atoms with Crippen LogP contribution in [0.4, 0.5) is 10.5 Å². The van der Waals surface area contributed by atoms with Crippen molar-refractivity contribution in [2.45, 2.75) is 44.6 Å². The molecule has 1 rings (SSSR count). The summed E-state index contributed by atoms with van der Waals surface area (Å²) in [5, 5.41) is 29.9. The number of aliphatic carboxylic acids is 3. The summed E-state index contributed by atoms with van der Waals surface area (Å²) in [4.78, 5) is 52.6. The maximum Gasteiger partial charge on any atom is 0.326 e. The van der Waals surface area contributed by atoms with Gasteiger partial charge in [0, 0.05) is 24.9 Å². The van der Waals surface area contributed by atoms with E-state index >= 15 is 0 Å². The van der Waals surface area contributed by atoms with Crippen LogP contribution in [0.3, 0.4) is 0 Å². The second kappa shape index (κ2) is 15.2. The minimum Gasteiger partial charge on any atom is -0.481 e. The summed E-state index contributed by atoms with van der Waals surface area (Å²) in [7, 11) is 0. The third kappa shape index (κ3) is 14.9. The van der Waals surface area contributed by atoms with Crippen LogP contribution in [0, 0.1) is 0 Å². The zero-order valence-corrected chi connectivity index (χ0v) is 16.9. The van der Waals surface area contributed by atoms with Crippen LogP contribution in [-0.4, -0.2) is 57.8 Å². The summed E-state index contributed by atoms with van der Waals surface area (Å²) < 4.78 is 0. The molecule has 0 aliphatic rings. The van der Waals surface area contributed by atoms with Gasteiger partial charge >= 0.3 is 23.9 Å². The number of carboxylic acid groups (broad SMARTS) is 3. The van der Waals surface area contributed by atoms with Crippen molar-refractivity contribution in [2.75, 3.05) is 11.9 Å². The van der Waals surface area contributed by atoms with Crippen LogP contribution in [0.15, 0.2) is 24.3 Å². The first-order chi connectivity index (χ1) is 14.5. The number of primary amides is 1. The van der Waals surface area contributed by atoms with Gasteiger partial charge in [0.1, 0.15) is 6.04 Å². The van der Waals surface area contributed by atoms with Crippen molar-refractivity contribution in [3.8, 4) is 0 Å². The molecular weight excluding hydrogens is 412 g/mol. The highest BCUT2D eigenvalue weighted by molar-refractivity contribution is 5.90.